The first-order valence-electron chi connectivity index (χ1n) is 6.39. The van der Waals surface area contributed by atoms with Gasteiger partial charge in [0.25, 0.3) is 0 Å². The molecule has 5 heteroatoms. The smallest absolute Gasteiger partial charge is 0.306 e. The normalized spacial score (nSPS) is 10.2. The van der Waals surface area contributed by atoms with Gasteiger partial charge in [-0.05, 0) is 20.3 Å². The van der Waals surface area contributed by atoms with Gasteiger partial charge < -0.3 is 9.47 Å². The first-order valence-corrected chi connectivity index (χ1v) is 6.39. The van der Waals surface area contributed by atoms with E-state index < -0.39 is 17.9 Å². The molecule has 0 saturated carbocycles. The van der Waals surface area contributed by atoms with Gasteiger partial charge in [-0.1, -0.05) is 6.92 Å². The summed E-state index contributed by atoms with van der Waals surface area (Å²) in [6.07, 6.45) is 0.960. The van der Waals surface area contributed by atoms with Gasteiger partial charge >= 0.3 is 11.9 Å². The van der Waals surface area contributed by atoms with Crippen LogP contribution in [-0.2, 0) is 23.9 Å². The van der Waals surface area contributed by atoms with Crippen LogP contribution in [0, 0.1) is 5.92 Å². The summed E-state index contributed by atoms with van der Waals surface area (Å²) in [5.74, 6) is -1.60. The fraction of sp³-hybridized carbons (Fsp3) is 0.769. The quantitative estimate of drug-likeness (QED) is 0.590. The second kappa shape index (κ2) is 9.62. The monoisotopic (exact) mass is 258 g/mol. The first kappa shape index (κ1) is 16.6. The van der Waals surface area contributed by atoms with E-state index in [4.69, 9.17) is 9.47 Å². The molecular formula is C13H22O5. The molecule has 0 rings (SSSR count). The summed E-state index contributed by atoms with van der Waals surface area (Å²) in [5.41, 5.74) is 0. The van der Waals surface area contributed by atoms with Gasteiger partial charge in [0.1, 0.15) is 5.78 Å². The average Bonchev–Trinajstić information content (AvgIpc) is 2.29. The van der Waals surface area contributed by atoms with E-state index in [1.165, 1.54) is 0 Å². The highest BCUT2D eigenvalue weighted by molar-refractivity contribution is 5.88. The number of esters is 2. The van der Waals surface area contributed by atoms with Gasteiger partial charge in [0.15, 0.2) is 0 Å². The maximum absolute atomic E-state index is 11.8. The molecule has 104 valence electrons. The minimum absolute atomic E-state index is 0.0501. The van der Waals surface area contributed by atoms with Crippen LogP contribution in [0.1, 0.15) is 46.5 Å². The van der Waals surface area contributed by atoms with Gasteiger partial charge in [0.2, 0.25) is 0 Å². The van der Waals surface area contributed by atoms with Crippen LogP contribution < -0.4 is 0 Å². The van der Waals surface area contributed by atoms with Crippen LogP contribution in [0.5, 0.6) is 0 Å². The van der Waals surface area contributed by atoms with E-state index in [1.54, 1.807) is 13.8 Å². The summed E-state index contributed by atoms with van der Waals surface area (Å²) in [5, 5.41) is 0. The van der Waals surface area contributed by atoms with Crippen LogP contribution >= 0.6 is 0 Å². The lowest BCUT2D eigenvalue weighted by Gasteiger charge is -2.13. The topological polar surface area (TPSA) is 69.7 Å². The van der Waals surface area contributed by atoms with E-state index in [1.807, 2.05) is 6.92 Å². The van der Waals surface area contributed by atoms with Crippen molar-refractivity contribution in [3.05, 3.63) is 0 Å². The Hall–Kier alpha value is -1.39. The van der Waals surface area contributed by atoms with Crippen LogP contribution in [0.3, 0.4) is 0 Å². The Bertz CT molecular complexity index is 265. The first-order chi connectivity index (χ1) is 8.54. The largest absolute Gasteiger partial charge is 0.466 e. The van der Waals surface area contributed by atoms with E-state index in [-0.39, 0.29) is 31.8 Å². The number of hydrogen-bond acceptors (Lipinski definition) is 5. The Labute approximate surface area is 108 Å². The molecule has 0 atom stereocenters. The van der Waals surface area contributed by atoms with Crippen LogP contribution in [-0.4, -0.2) is 30.9 Å². The molecule has 0 aliphatic heterocycles. The minimum Gasteiger partial charge on any atom is -0.466 e. The Morgan fingerprint density at radius 3 is 1.67 bits per heavy atom. The Kier molecular flexibility index (Phi) is 8.88. The molecule has 0 fully saturated rings. The average molecular weight is 258 g/mol. The highest BCUT2D eigenvalue weighted by Gasteiger charge is 2.25. The van der Waals surface area contributed by atoms with Crippen molar-refractivity contribution in [3.63, 3.8) is 0 Å². The number of carbonyl (C=O) groups is 3. The third-order valence-electron chi connectivity index (χ3n) is 2.39. The molecule has 0 spiro atoms. The second-order valence-corrected chi connectivity index (χ2v) is 3.93. The molecule has 0 bridgehead atoms. The molecule has 0 amide bonds. The van der Waals surface area contributed by atoms with E-state index in [9.17, 15) is 14.4 Å². The molecule has 5 nitrogen and oxygen atoms in total. The SMILES string of the molecule is CCCC(=O)C(CC(=O)OCC)CC(=O)OCC. The molecule has 18 heavy (non-hydrogen) atoms. The van der Waals surface area contributed by atoms with Gasteiger partial charge in [-0.25, -0.2) is 0 Å². The molecule has 0 aliphatic rings. The van der Waals surface area contributed by atoms with Gasteiger partial charge in [0.05, 0.1) is 26.1 Å². The Balaban J connectivity index is 4.46. The molecule has 0 saturated heterocycles. The highest BCUT2D eigenvalue weighted by atomic mass is 16.5. The second-order valence-electron chi connectivity index (χ2n) is 3.93. The lowest BCUT2D eigenvalue weighted by molar-refractivity contribution is -0.150. The molecule has 0 aromatic carbocycles. The molecule has 0 N–H and O–H groups in total. The highest BCUT2D eigenvalue weighted by Crippen LogP contribution is 2.15. The zero-order valence-electron chi connectivity index (χ0n) is 11.4. The maximum Gasteiger partial charge on any atom is 0.306 e. The third-order valence-corrected chi connectivity index (χ3v) is 2.39. The van der Waals surface area contributed by atoms with Crippen molar-refractivity contribution in [3.8, 4) is 0 Å². The van der Waals surface area contributed by atoms with Crippen molar-refractivity contribution in [2.75, 3.05) is 13.2 Å². The zero-order chi connectivity index (χ0) is 14.0. The predicted octanol–water partition coefficient (Wildman–Crippen LogP) is 1.88. The predicted molar refractivity (Wildman–Crippen MR) is 65.9 cm³/mol. The number of Topliss-reactive ketones (excluding diaryl/α,β-unsaturated/α-hetero) is 1. The molecule has 0 unspecified atom stereocenters. The third kappa shape index (κ3) is 7.04. The van der Waals surface area contributed by atoms with Gasteiger partial charge in [-0.3, -0.25) is 14.4 Å². The van der Waals surface area contributed by atoms with Crippen molar-refractivity contribution in [1.82, 2.24) is 0 Å². The van der Waals surface area contributed by atoms with E-state index in [0.29, 0.717) is 12.8 Å². The minimum atomic E-state index is -0.622. The van der Waals surface area contributed by atoms with Crippen LogP contribution in [0.2, 0.25) is 0 Å². The van der Waals surface area contributed by atoms with E-state index >= 15 is 0 Å². The summed E-state index contributed by atoms with van der Waals surface area (Å²) >= 11 is 0. The van der Waals surface area contributed by atoms with Gasteiger partial charge in [-0.15, -0.1) is 0 Å². The Morgan fingerprint density at radius 1 is 0.889 bits per heavy atom. The lowest BCUT2D eigenvalue weighted by atomic mass is 9.93. The molecular weight excluding hydrogens is 236 g/mol. The zero-order valence-corrected chi connectivity index (χ0v) is 11.4. The number of carbonyl (C=O) groups excluding carboxylic acids is 3. The van der Waals surface area contributed by atoms with Crippen molar-refractivity contribution in [2.24, 2.45) is 5.92 Å². The van der Waals surface area contributed by atoms with Crippen LogP contribution in [0.4, 0.5) is 0 Å². The summed E-state index contributed by atoms with van der Waals surface area (Å²) in [4.78, 5) is 34.6. The summed E-state index contributed by atoms with van der Waals surface area (Å²) in [6, 6.07) is 0. The summed E-state index contributed by atoms with van der Waals surface area (Å²) in [6.45, 7) is 5.82. The molecule has 0 aromatic rings. The molecule has 0 aliphatic carbocycles. The summed E-state index contributed by atoms with van der Waals surface area (Å²) in [7, 11) is 0. The van der Waals surface area contributed by atoms with Crippen molar-refractivity contribution in [2.45, 2.75) is 46.5 Å². The van der Waals surface area contributed by atoms with Crippen molar-refractivity contribution < 1.29 is 23.9 Å². The van der Waals surface area contributed by atoms with E-state index in [0.717, 1.165) is 0 Å². The number of rotatable bonds is 9. The number of ketones is 1. The van der Waals surface area contributed by atoms with E-state index in [2.05, 4.69) is 0 Å². The van der Waals surface area contributed by atoms with Gasteiger partial charge in [0, 0.05) is 12.3 Å². The fourth-order valence-corrected chi connectivity index (χ4v) is 1.59. The van der Waals surface area contributed by atoms with Gasteiger partial charge in [-0.2, -0.15) is 0 Å². The maximum atomic E-state index is 11.8. The fourth-order valence-electron chi connectivity index (χ4n) is 1.59. The van der Waals surface area contributed by atoms with Crippen molar-refractivity contribution in [1.29, 1.82) is 0 Å². The van der Waals surface area contributed by atoms with Crippen LogP contribution in [0.25, 0.3) is 0 Å². The standard InChI is InChI=1S/C13H22O5/c1-4-7-11(14)10(8-12(15)17-5-2)9-13(16)18-6-3/h10H,4-9H2,1-3H3. The van der Waals surface area contributed by atoms with Crippen molar-refractivity contribution >= 4 is 17.7 Å². The lowest BCUT2D eigenvalue weighted by Crippen LogP contribution is -2.23. The molecule has 0 aromatic heterocycles. The molecule has 0 radical (unpaired) electrons. The number of hydrogen-bond donors (Lipinski definition) is 0. The molecule has 0 heterocycles. The number of ether oxygens (including phenoxy) is 2. The Morgan fingerprint density at radius 2 is 1.33 bits per heavy atom. The summed E-state index contributed by atoms with van der Waals surface area (Å²) < 4.78 is 9.60. The van der Waals surface area contributed by atoms with Crippen LogP contribution in [0.15, 0.2) is 0 Å².